The van der Waals surface area contributed by atoms with Gasteiger partial charge in [-0.05, 0) is 42.3 Å². The van der Waals surface area contributed by atoms with Gasteiger partial charge in [0.2, 0.25) is 0 Å². The molecule has 0 aromatic heterocycles. The molecule has 1 aliphatic heterocycles. The smallest absolute Gasteiger partial charge is 0.325 e. The predicted molar refractivity (Wildman–Crippen MR) is 104 cm³/mol. The lowest BCUT2D eigenvalue weighted by Gasteiger charge is -2.22. The number of carboxylic acids is 2. The summed E-state index contributed by atoms with van der Waals surface area (Å²) in [4.78, 5) is 21.1. The Bertz CT molecular complexity index is 790. The third-order valence-corrected chi connectivity index (χ3v) is 4.17. The van der Waals surface area contributed by atoms with Crippen LogP contribution >= 0.6 is 0 Å². The van der Waals surface area contributed by atoms with E-state index < -0.39 is 24.0 Å². The maximum absolute atomic E-state index is 10.7. The molecule has 1 unspecified atom stereocenters. The summed E-state index contributed by atoms with van der Waals surface area (Å²) in [6.45, 7) is 2.25. The van der Waals surface area contributed by atoms with Gasteiger partial charge in [0.1, 0.15) is 12.1 Å². The lowest BCUT2D eigenvalue weighted by Crippen LogP contribution is -2.41. The first-order chi connectivity index (χ1) is 13.0. The van der Waals surface area contributed by atoms with Crippen molar-refractivity contribution < 1.29 is 19.8 Å². The van der Waals surface area contributed by atoms with Crippen LogP contribution in [0.5, 0.6) is 0 Å². The number of hydrogen-bond acceptors (Lipinski definition) is 4. The summed E-state index contributed by atoms with van der Waals surface area (Å²) in [5.41, 5.74) is 3.39. The fourth-order valence-electron chi connectivity index (χ4n) is 2.55. The highest BCUT2D eigenvalue weighted by molar-refractivity contribution is 5.74. The first kappa shape index (κ1) is 20.2. The van der Waals surface area contributed by atoms with Gasteiger partial charge in [0.25, 0.3) is 0 Å². The molecule has 1 heterocycles. The third kappa shape index (κ3) is 6.60. The van der Waals surface area contributed by atoms with Crippen molar-refractivity contribution >= 4 is 18.0 Å². The number of aliphatic carboxylic acids is 2. The van der Waals surface area contributed by atoms with E-state index in [-0.39, 0.29) is 0 Å². The molecule has 2 atom stereocenters. The summed E-state index contributed by atoms with van der Waals surface area (Å²) in [6, 6.07) is 16.7. The zero-order valence-corrected chi connectivity index (χ0v) is 15.1. The lowest BCUT2D eigenvalue weighted by atomic mass is 9.96. The second kappa shape index (κ2) is 10.1. The van der Waals surface area contributed by atoms with Crippen LogP contribution in [-0.4, -0.2) is 34.2 Å². The van der Waals surface area contributed by atoms with Gasteiger partial charge in [0.05, 0.1) is 0 Å². The molecule has 27 heavy (non-hydrogen) atoms. The van der Waals surface area contributed by atoms with Crippen molar-refractivity contribution in [2.45, 2.75) is 32.0 Å². The topological polar surface area (TPSA) is 98.7 Å². The van der Waals surface area contributed by atoms with E-state index >= 15 is 0 Å². The molecule has 0 saturated carbocycles. The number of rotatable bonds is 5. The summed E-state index contributed by atoms with van der Waals surface area (Å²) in [6.07, 6.45) is 4.07. The summed E-state index contributed by atoms with van der Waals surface area (Å²) in [5.74, 6) is -1.63. The average Bonchev–Trinajstić information content (AvgIpc) is 2.68. The Balaban J connectivity index is 0.000000194. The highest BCUT2D eigenvalue weighted by atomic mass is 16.4. The van der Waals surface area contributed by atoms with Gasteiger partial charge in [0, 0.05) is 6.54 Å². The van der Waals surface area contributed by atoms with E-state index in [1.54, 1.807) is 13.1 Å². The van der Waals surface area contributed by atoms with Crippen LogP contribution in [0.25, 0.3) is 6.08 Å². The summed E-state index contributed by atoms with van der Waals surface area (Å²) in [7, 11) is 0. The lowest BCUT2D eigenvalue weighted by molar-refractivity contribution is -0.140. The van der Waals surface area contributed by atoms with Crippen LogP contribution < -0.4 is 10.6 Å². The SMILES string of the molecule is C[C@H](NC=Cc1ccccc1)C(=O)O.O=C(O)C1Cc2ccccc2CN1. The van der Waals surface area contributed by atoms with Gasteiger partial charge in [-0.3, -0.25) is 9.59 Å². The Morgan fingerprint density at radius 3 is 2.33 bits per heavy atom. The Morgan fingerprint density at radius 1 is 1.07 bits per heavy atom. The minimum atomic E-state index is -0.859. The van der Waals surface area contributed by atoms with E-state index in [1.165, 1.54) is 5.56 Å². The molecule has 4 N–H and O–H groups in total. The number of benzene rings is 2. The summed E-state index contributed by atoms with van der Waals surface area (Å²) in [5, 5.41) is 23.1. The van der Waals surface area contributed by atoms with Crippen LogP contribution in [0.3, 0.4) is 0 Å². The molecule has 0 amide bonds. The van der Waals surface area contributed by atoms with E-state index in [2.05, 4.69) is 10.6 Å². The maximum Gasteiger partial charge on any atom is 0.325 e. The number of carbonyl (C=O) groups is 2. The maximum atomic E-state index is 10.7. The van der Waals surface area contributed by atoms with E-state index in [0.717, 1.165) is 11.1 Å². The van der Waals surface area contributed by atoms with Crippen LogP contribution in [-0.2, 0) is 22.6 Å². The van der Waals surface area contributed by atoms with Gasteiger partial charge >= 0.3 is 11.9 Å². The van der Waals surface area contributed by atoms with Crippen molar-refractivity contribution in [2.24, 2.45) is 0 Å². The Hall–Kier alpha value is -3.12. The predicted octanol–water partition coefficient (Wildman–Crippen LogP) is 2.51. The van der Waals surface area contributed by atoms with Crippen LogP contribution in [0.15, 0.2) is 60.8 Å². The van der Waals surface area contributed by atoms with Crippen molar-refractivity contribution in [1.29, 1.82) is 0 Å². The van der Waals surface area contributed by atoms with Crippen molar-refractivity contribution in [1.82, 2.24) is 10.6 Å². The molecule has 0 aliphatic carbocycles. The van der Waals surface area contributed by atoms with E-state index in [9.17, 15) is 9.59 Å². The second-order valence-electron chi connectivity index (χ2n) is 6.22. The zero-order valence-electron chi connectivity index (χ0n) is 15.1. The molecule has 0 fully saturated rings. The van der Waals surface area contributed by atoms with Gasteiger partial charge in [-0.15, -0.1) is 0 Å². The number of nitrogens with one attached hydrogen (secondary N) is 2. The van der Waals surface area contributed by atoms with Gasteiger partial charge in [-0.25, -0.2) is 0 Å². The van der Waals surface area contributed by atoms with Gasteiger partial charge in [0.15, 0.2) is 0 Å². The fourth-order valence-corrected chi connectivity index (χ4v) is 2.55. The third-order valence-electron chi connectivity index (χ3n) is 4.17. The highest BCUT2D eigenvalue weighted by Gasteiger charge is 2.22. The Labute approximate surface area is 158 Å². The molecule has 0 radical (unpaired) electrons. The van der Waals surface area contributed by atoms with Crippen LogP contribution in [0, 0.1) is 0 Å². The van der Waals surface area contributed by atoms with Crippen LogP contribution in [0.4, 0.5) is 0 Å². The molecule has 3 rings (SSSR count). The van der Waals surface area contributed by atoms with Crippen molar-refractivity contribution in [2.75, 3.05) is 0 Å². The average molecular weight is 368 g/mol. The minimum Gasteiger partial charge on any atom is -0.480 e. The molecule has 0 spiro atoms. The Kier molecular flexibility index (Phi) is 7.58. The van der Waals surface area contributed by atoms with Gasteiger partial charge < -0.3 is 20.8 Å². The first-order valence-electron chi connectivity index (χ1n) is 8.71. The first-order valence-corrected chi connectivity index (χ1v) is 8.71. The molecular weight excluding hydrogens is 344 g/mol. The minimum absolute atomic E-state index is 0.421. The fraction of sp³-hybridized carbons (Fsp3) is 0.238. The standard InChI is InChI=1S/C11H13NO2.C10H11NO2/c1-9(11(13)14)12-8-7-10-5-3-2-4-6-10;12-10(13)9-5-7-3-1-2-4-8(7)6-11-9/h2-9,12H,1H3,(H,13,14);1-4,9,11H,5-6H2,(H,12,13)/t9-;/m0./s1. The van der Waals surface area contributed by atoms with Crippen LogP contribution in [0.1, 0.15) is 23.6 Å². The van der Waals surface area contributed by atoms with Crippen molar-refractivity contribution in [3.63, 3.8) is 0 Å². The van der Waals surface area contributed by atoms with E-state index in [0.29, 0.717) is 13.0 Å². The summed E-state index contributed by atoms with van der Waals surface area (Å²) < 4.78 is 0. The van der Waals surface area contributed by atoms with E-state index in [4.69, 9.17) is 10.2 Å². The second-order valence-corrected chi connectivity index (χ2v) is 6.22. The van der Waals surface area contributed by atoms with Crippen molar-refractivity contribution in [3.8, 4) is 0 Å². The molecular formula is C21H24N2O4. The monoisotopic (exact) mass is 368 g/mol. The number of fused-ring (bicyclic) bond motifs is 1. The molecule has 6 nitrogen and oxygen atoms in total. The normalized spacial score (nSPS) is 16.6. The largest absolute Gasteiger partial charge is 0.480 e. The molecule has 2 aromatic rings. The molecule has 2 aromatic carbocycles. The summed E-state index contributed by atoms with van der Waals surface area (Å²) >= 11 is 0. The quantitative estimate of drug-likeness (QED) is 0.647. The van der Waals surface area contributed by atoms with Crippen LogP contribution in [0.2, 0.25) is 0 Å². The van der Waals surface area contributed by atoms with E-state index in [1.807, 2.05) is 60.7 Å². The number of hydrogen-bond donors (Lipinski definition) is 4. The van der Waals surface area contributed by atoms with Gasteiger partial charge in [-0.2, -0.15) is 0 Å². The highest BCUT2D eigenvalue weighted by Crippen LogP contribution is 2.15. The molecule has 6 heteroatoms. The van der Waals surface area contributed by atoms with Gasteiger partial charge in [-0.1, -0.05) is 54.6 Å². The molecule has 142 valence electrons. The number of carboxylic acid groups (broad SMARTS) is 2. The zero-order chi connectivity index (χ0) is 19.6. The molecule has 0 bridgehead atoms. The van der Waals surface area contributed by atoms with Crippen molar-refractivity contribution in [3.05, 3.63) is 77.5 Å². The molecule has 0 saturated heterocycles. The Morgan fingerprint density at radius 2 is 1.70 bits per heavy atom. The molecule has 1 aliphatic rings.